The Kier molecular flexibility index (Phi) is 6.62. The Morgan fingerprint density at radius 2 is 2.04 bits per heavy atom. The van der Waals surface area contributed by atoms with Crippen molar-refractivity contribution in [2.75, 3.05) is 25.0 Å². The van der Waals surface area contributed by atoms with Gasteiger partial charge in [0.2, 0.25) is 0 Å². The molecule has 24 heavy (non-hydrogen) atoms. The van der Waals surface area contributed by atoms with Crippen LogP contribution in [0, 0.1) is 5.92 Å². The maximum Gasteiger partial charge on any atom is 0.265 e. The lowest BCUT2D eigenvalue weighted by atomic mass is 10.0. The largest absolute Gasteiger partial charge is 0.352 e. The Bertz CT molecular complexity index is 718. The van der Waals surface area contributed by atoms with E-state index in [0.29, 0.717) is 33.6 Å². The van der Waals surface area contributed by atoms with Gasteiger partial charge in [-0.25, -0.2) is 0 Å². The van der Waals surface area contributed by atoms with Crippen LogP contribution < -0.4 is 16.0 Å². The number of hydrogen-bond acceptors (Lipinski definition) is 4. The minimum atomic E-state index is -0.236. The summed E-state index contributed by atoms with van der Waals surface area (Å²) in [7, 11) is 0. The summed E-state index contributed by atoms with van der Waals surface area (Å²) in [4.78, 5) is 24.9. The average Bonchev–Trinajstić information content (AvgIpc) is 3.02. The highest BCUT2D eigenvalue weighted by Crippen LogP contribution is 2.24. The SMILES string of the molecule is Cl.O=C(NCC1CNC1)c1ccc(Cl)c(NC(=O)c2cccs2)c1. The number of benzene rings is 1. The Morgan fingerprint density at radius 1 is 1.25 bits per heavy atom. The lowest BCUT2D eigenvalue weighted by Crippen LogP contribution is -2.48. The van der Waals surface area contributed by atoms with Crippen LogP contribution in [0.15, 0.2) is 35.7 Å². The molecule has 0 bridgehead atoms. The van der Waals surface area contributed by atoms with Crippen LogP contribution in [-0.2, 0) is 0 Å². The van der Waals surface area contributed by atoms with Crippen molar-refractivity contribution in [2.24, 2.45) is 5.92 Å². The van der Waals surface area contributed by atoms with Gasteiger partial charge in [-0.1, -0.05) is 17.7 Å². The van der Waals surface area contributed by atoms with Crippen molar-refractivity contribution in [3.05, 3.63) is 51.2 Å². The molecule has 1 aromatic heterocycles. The van der Waals surface area contributed by atoms with Crippen molar-refractivity contribution < 1.29 is 9.59 Å². The molecule has 3 rings (SSSR count). The highest BCUT2D eigenvalue weighted by molar-refractivity contribution is 7.12. The van der Waals surface area contributed by atoms with Crippen LogP contribution in [0.5, 0.6) is 0 Å². The number of anilines is 1. The molecule has 1 aliphatic rings. The van der Waals surface area contributed by atoms with E-state index in [1.54, 1.807) is 30.3 Å². The van der Waals surface area contributed by atoms with Gasteiger partial charge < -0.3 is 16.0 Å². The summed E-state index contributed by atoms with van der Waals surface area (Å²) < 4.78 is 0. The molecule has 8 heteroatoms. The molecule has 0 aliphatic carbocycles. The highest BCUT2D eigenvalue weighted by Gasteiger charge is 2.18. The van der Waals surface area contributed by atoms with Crippen LogP contribution in [0.3, 0.4) is 0 Å². The molecule has 1 saturated heterocycles. The van der Waals surface area contributed by atoms with Gasteiger partial charge in [0.1, 0.15) is 0 Å². The lowest BCUT2D eigenvalue weighted by molar-refractivity contribution is 0.0941. The Hall–Kier alpha value is -1.60. The van der Waals surface area contributed by atoms with Crippen LogP contribution >= 0.6 is 35.3 Å². The summed E-state index contributed by atoms with van der Waals surface area (Å²) in [5.41, 5.74) is 0.909. The lowest BCUT2D eigenvalue weighted by Gasteiger charge is -2.27. The minimum absolute atomic E-state index is 0. The van der Waals surface area contributed by atoms with Crippen molar-refractivity contribution in [1.29, 1.82) is 0 Å². The molecule has 0 saturated carbocycles. The number of nitrogens with one attached hydrogen (secondary N) is 3. The van der Waals surface area contributed by atoms with Crippen LogP contribution in [0.1, 0.15) is 20.0 Å². The fourth-order valence-corrected chi connectivity index (χ4v) is 2.97. The predicted molar refractivity (Wildman–Crippen MR) is 99.7 cm³/mol. The molecule has 2 heterocycles. The molecule has 5 nitrogen and oxygen atoms in total. The van der Waals surface area contributed by atoms with E-state index >= 15 is 0 Å². The molecule has 3 N–H and O–H groups in total. The van der Waals surface area contributed by atoms with Gasteiger partial charge in [0, 0.05) is 31.1 Å². The summed E-state index contributed by atoms with van der Waals surface area (Å²) in [6.45, 7) is 2.51. The number of carbonyl (C=O) groups is 2. The first-order valence-electron chi connectivity index (χ1n) is 7.27. The second-order valence-corrected chi connectivity index (χ2v) is 6.72. The molecule has 1 aliphatic heterocycles. The van der Waals surface area contributed by atoms with Gasteiger partial charge in [-0.05, 0) is 29.6 Å². The van der Waals surface area contributed by atoms with E-state index in [9.17, 15) is 9.59 Å². The third-order valence-electron chi connectivity index (χ3n) is 3.64. The molecule has 0 atom stereocenters. The molecule has 2 amide bonds. The third-order valence-corrected chi connectivity index (χ3v) is 4.84. The smallest absolute Gasteiger partial charge is 0.265 e. The summed E-state index contributed by atoms with van der Waals surface area (Å²) in [6.07, 6.45) is 0. The first kappa shape index (κ1) is 18.7. The molecule has 0 spiro atoms. The van der Waals surface area contributed by atoms with E-state index in [-0.39, 0.29) is 24.2 Å². The zero-order valence-corrected chi connectivity index (χ0v) is 15.1. The molecule has 0 unspecified atom stereocenters. The van der Waals surface area contributed by atoms with Gasteiger partial charge >= 0.3 is 0 Å². The number of halogens is 2. The number of hydrogen-bond donors (Lipinski definition) is 3. The summed E-state index contributed by atoms with van der Waals surface area (Å²) in [6, 6.07) is 8.41. The first-order chi connectivity index (χ1) is 11.1. The molecule has 1 aromatic carbocycles. The van der Waals surface area contributed by atoms with E-state index in [4.69, 9.17) is 11.6 Å². The zero-order valence-electron chi connectivity index (χ0n) is 12.7. The van der Waals surface area contributed by atoms with Crippen LogP contribution in [-0.4, -0.2) is 31.4 Å². The first-order valence-corrected chi connectivity index (χ1v) is 8.52. The highest BCUT2D eigenvalue weighted by atomic mass is 35.5. The Labute approximate surface area is 155 Å². The number of thiophene rings is 1. The second kappa shape index (κ2) is 8.48. The fraction of sp³-hybridized carbons (Fsp3) is 0.250. The van der Waals surface area contributed by atoms with E-state index < -0.39 is 0 Å². The molecular formula is C16H17Cl2N3O2S. The van der Waals surface area contributed by atoms with Gasteiger partial charge in [-0.2, -0.15) is 0 Å². The molecule has 2 aromatic rings. The Balaban J connectivity index is 0.00000208. The van der Waals surface area contributed by atoms with Crippen LogP contribution in [0.2, 0.25) is 5.02 Å². The molecular weight excluding hydrogens is 369 g/mol. The zero-order chi connectivity index (χ0) is 16.2. The summed E-state index contributed by atoms with van der Waals surface area (Å²) >= 11 is 7.46. The van der Waals surface area contributed by atoms with Crippen molar-refractivity contribution >= 4 is 52.8 Å². The minimum Gasteiger partial charge on any atom is -0.352 e. The van der Waals surface area contributed by atoms with Crippen molar-refractivity contribution in [3.63, 3.8) is 0 Å². The van der Waals surface area contributed by atoms with Gasteiger partial charge in [-0.3, -0.25) is 9.59 Å². The second-order valence-electron chi connectivity index (χ2n) is 5.36. The van der Waals surface area contributed by atoms with Gasteiger partial charge in [0.05, 0.1) is 15.6 Å². The van der Waals surface area contributed by atoms with Crippen molar-refractivity contribution in [2.45, 2.75) is 0 Å². The maximum atomic E-state index is 12.2. The fourth-order valence-electron chi connectivity index (χ4n) is 2.19. The molecule has 128 valence electrons. The normalized spacial score (nSPS) is 13.5. The molecule has 1 fully saturated rings. The molecule has 0 radical (unpaired) electrons. The summed E-state index contributed by atoms with van der Waals surface area (Å²) in [5.74, 6) is 0.0874. The monoisotopic (exact) mass is 385 g/mol. The van der Waals surface area contributed by atoms with Crippen molar-refractivity contribution in [1.82, 2.24) is 10.6 Å². The number of amides is 2. The maximum absolute atomic E-state index is 12.2. The topological polar surface area (TPSA) is 70.2 Å². The predicted octanol–water partition coefficient (Wildman–Crippen LogP) is 3.02. The summed E-state index contributed by atoms with van der Waals surface area (Å²) in [5, 5.41) is 11.0. The standard InChI is InChI=1S/C16H16ClN3O2S.ClH/c17-12-4-3-11(15(21)19-9-10-7-18-8-10)6-13(12)20-16(22)14-2-1-5-23-14;/h1-6,10,18H,7-9H2,(H,19,21)(H,20,22);1H. The third kappa shape index (κ3) is 4.48. The quantitative estimate of drug-likeness (QED) is 0.740. The van der Waals surface area contributed by atoms with Crippen LogP contribution in [0.4, 0.5) is 5.69 Å². The van der Waals surface area contributed by atoms with Crippen molar-refractivity contribution in [3.8, 4) is 0 Å². The Morgan fingerprint density at radius 3 is 2.67 bits per heavy atom. The van der Waals surface area contributed by atoms with Crippen LogP contribution in [0.25, 0.3) is 0 Å². The van der Waals surface area contributed by atoms with E-state index in [2.05, 4.69) is 16.0 Å². The van der Waals surface area contributed by atoms with E-state index in [0.717, 1.165) is 13.1 Å². The average molecular weight is 386 g/mol. The van der Waals surface area contributed by atoms with Gasteiger partial charge in [0.25, 0.3) is 11.8 Å². The number of rotatable bonds is 5. The van der Waals surface area contributed by atoms with Gasteiger partial charge in [-0.15, -0.1) is 23.7 Å². The number of carbonyl (C=O) groups excluding carboxylic acids is 2. The van der Waals surface area contributed by atoms with Gasteiger partial charge in [0.15, 0.2) is 0 Å². The van der Waals surface area contributed by atoms with E-state index in [1.807, 2.05) is 5.38 Å². The van der Waals surface area contributed by atoms with E-state index in [1.165, 1.54) is 11.3 Å².